The molecule has 0 spiro atoms. The molecule has 0 saturated carbocycles. The van der Waals surface area contributed by atoms with Gasteiger partial charge in [-0.1, -0.05) is 11.6 Å². The lowest BCUT2D eigenvalue weighted by atomic mass is 10.6. The minimum Gasteiger partial charge on any atom is -0.243 e. The topological polar surface area (TPSA) is 59.9 Å². The molecule has 1 unspecified atom stereocenters. The number of hydrogen-bond donors (Lipinski definition) is 0. The van der Waals surface area contributed by atoms with Gasteiger partial charge in [0, 0.05) is 5.88 Å². The Morgan fingerprint density at radius 1 is 1.57 bits per heavy atom. The Labute approximate surface area is 92.2 Å². The summed E-state index contributed by atoms with van der Waals surface area (Å²) >= 11 is 11.1. The van der Waals surface area contributed by atoms with Crippen molar-refractivity contribution in [3.8, 4) is 0 Å². The summed E-state index contributed by atoms with van der Waals surface area (Å²) < 4.78 is 23.4. The molecule has 14 heavy (non-hydrogen) atoms. The van der Waals surface area contributed by atoms with Crippen LogP contribution in [-0.2, 0) is 9.84 Å². The summed E-state index contributed by atoms with van der Waals surface area (Å²) in [5, 5.41) is -0.858. The summed E-state index contributed by atoms with van der Waals surface area (Å²) in [6.07, 6.45) is 2.38. The SMILES string of the molecule is CC(CCl)S(=O)(=O)c1ncncc1Cl. The lowest BCUT2D eigenvalue weighted by molar-refractivity contribution is 0.583. The Balaban J connectivity index is 3.24. The van der Waals surface area contributed by atoms with Crippen LogP contribution in [0.15, 0.2) is 17.6 Å². The van der Waals surface area contributed by atoms with Gasteiger partial charge in [0.05, 0.1) is 16.5 Å². The first kappa shape index (κ1) is 11.7. The normalized spacial score (nSPS) is 13.9. The molecule has 7 heteroatoms. The van der Waals surface area contributed by atoms with E-state index < -0.39 is 15.1 Å². The van der Waals surface area contributed by atoms with E-state index in [-0.39, 0.29) is 15.9 Å². The van der Waals surface area contributed by atoms with Gasteiger partial charge in [0.1, 0.15) is 6.33 Å². The van der Waals surface area contributed by atoms with Crippen LogP contribution < -0.4 is 0 Å². The van der Waals surface area contributed by atoms with E-state index in [4.69, 9.17) is 23.2 Å². The van der Waals surface area contributed by atoms with Crippen LogP contribution in [0.25, 0.3) is 0 Å². The fourth-order valence-corrected chi connectivity index (χ4v) is 2.78. The third kappa shape index (κ3) is 2.16. The molecule has 0 fully saturated rings. The van der Waals surface area contributed by atoms with Gasteiger partial charge in [-0.15, -0.1) is 11.6 Å². The highest BCUT2D eigenvalue weighted by molar-refractivity contribution is 7.92. The van der Waals surface area contributed by atoms with Crippen LogP contribution in [0.3, 0.4) is 0 Å². The number of alkyl halides is 1. The monoisotopic (exact) mass is 254 g/mol. The van der Waals surface area contributed by atoms with Gasteiger partial charge < -0.3 is 0 Å². The zero-order valence-corrected chi connectivity index (χ0v) is 9.64. The Morgan fingerprint density at radius 2 is 2.21 bits per heavy atom. The molecule has 0 radical (unpaired) electrons. The molecule has 1 aromatic rings. The molecular weight excluding hydrogens is 247 g/mol. The van der Waals surface area contributed by atoms with Crippen LogP contribution in [0.5, 0.6) is 0 Å². The van der Waals surface area contributed by atoms with Gasteiger partial charge >= 0.3 is 0 Å². The van der Waals surface area contributed by atoms with Crippen molar-refractivity contribution in [2.75, 3.05) is 5.88 Å². The maximum Gasteiger partial charge on any atom is 0.200 e. The molecule has 0 aliphatic rings. The van der Waals surface area contributed by atoms with Crippen molar-refractivity contribution in [3.63, 3.8) is 0 Å². The molecule has 0 amide bonds. The van der Waals surface area contributed by atoms with E-state index in [1.807, 2.05) is 0 Å². The maximum absolute atomic E-state index is 11.7. The first-order valence-electron chi connectivity index (χ1n) is 3.75. The van der Waals surface area contributed by atoms with Crippen LogP contribution in [0.2, 0.25) is 5.02 Å². The zero-order chi connectivity index (χ0) is 10.8. The number of rotatable bonds is 3. The second kappa shape index (κ2) is 4.42. The molecule has 1 aromatic heterocycles. The average Bonchev–Trinajstić information content (AvgIpc) is 2.17. The molecular formula is C7H8Cl2N2O2S. The number of nitrogens with zero attached hydrogens (tertiary/aromatic N) is 2. The third-order valence-corrected chi connectivity index (χ3v) is 4.78. The lowest BCUT2D eigenvalue weighted by Gasteiger charge is -2.09. The van der Waals surface area contributed by atoms with Crippen molar-refractivity contribution in [2.24, 2.45) is 0 Å². The van der Waals surface area contributed by atoms with E-state index >= 15 is 0 Å². The summed E-state index contributed by atoms with van der Waals surface area (Å²) in [5.74, 6) is 0.00264. The molecule has 0 aromatic carbocycles. The molecule has 78 valence electrons. The fraction of sp³-hybridized carbons (Fsp3) is 0.429. The first-order chi connectivity index (χ1) is 6.50. The van der Waals surface area contributed by atoms with Gasteiger partial charge in [-0.2, -0.15) is 0 Å². The summed E-state index contributed by atoms with van der Waals surface area (Å²) in [4.78, 5) is 7.23. The molecule has 1 heterocycles. The van der Waals surface area contributed by atoms with Crippen molar-refractivity contribution < 1.29 is 8.42 Å². The van der Waals surface area contributed by atoms with E-state index in [2.05, 4.69) is 9.97 Å². The maximum atomic E-state index is 11.7. The standard InChI is InChI=1S/C7H8Cl2N2O2S/c1-5(2-8)14(12,13)7-6(9)3-10-4-11-7/h3-5H,2H2,1H3. The van der Waals surface area contributed by atoms with Gasteiger partial charge in [0.15, 0.2) is 5.03 Å². The number of halogens is 2. The van der Waals surface area contributed by atoms with Crippen molar-refractivity contribution in [1.82, 2.24) is 9.97 Å². The van der Waals surface area contributed by atoms with E-state index in [0.29, 0.717) is 0 Å². The second-order valence-corrected chi connectivity index (χ2v) is 5.68. The highest BCUT2D eigenvalue weighted by Crippen LogP contribution is 2.21. The Hall–Kier alpha value is -0.390. The minimum absolute atomic E-state index is 0.00264. The highest BCUT2D eigenvalue weighted by Gasteiger charge is 2.26. The molecule has 1 atom stereocenters. The van der Waals surface area contributed by atoms with Crippen molar-refractivity contribution >= 4 is 33.0 Å². The van der Waals surface area contributed by atoms with Gasteiger partial charge in [-0.25, -0.2) is 18.4 Å². The summed E-state index contributed by atoms with van der Waals surface area (Å²) in [6.45, 7) is 1.50. The van der Waals surface area contributed by atoms with Crippen molar-refractivity contribution in [2.45, 2.75) is 17.2 Å². The van der Waals surface area contributed by atoms with Crippen LogP contribution in [0.1, 0.15) is 6.92 Å². The van der Waals surface area contributed by atoms with E-state index in [9.17, 15) is 8.42 Å². The molecule has 0 aliphatic heterocycles. The van der Waals surface area contributed by atoms with E-state index in [0.717, 1.165) is 6.33 Å². The van der Waals surface area contributed by atoms with Crippen molar-refractivity contribution in [1.29, 1.82) is 0 Å². The largest absolute Gasteiger partial charge is 0.243 e. The average molecular weight is 255 g/mol. The first-order valence-corrected chi connectivity index (χ1v) is 6.21. The number of aromatic nitrogens is 2. The smallest absolute Gasteiger partial charge is 0.200 e. The van der Waals surface area contributed by atoms with Crippen molar-refractivity contribution in [3.05, 3.63) is 17.5 Å². The van der Waals surface area contributed by atoms with Gasteiger partial charge in [-0.3, -0.25) is 0 Å². The highest BCUT2D eigenvalue weighted by atomic mass is 35.5. The second-order valence-electron chi connectivity index (χ2n) is 2.69. The number of sulfone groups is 1. The van der Waals surface area contributed by atoms with Crippen LogP contribution in [0, 0.1) is 0 Å². The molecule has 1 rings (SSSR count). The van der Waals surface area contributed by atoms with Gasteiger partial charge in [-0.05, 0) is 6.92 Å². The van der Waals surface area contributed by atoms with Crippen LogP contribution in [-0.4, -0.2) is 29.5 Å². The quantitative estimate of drug-likeness (QED) is 0.607. The third-order valence-electron chi connectivity index (χ3n) is 1.65. The molecule has 0 N–H and O–H groups in total. The van der Waals surface area contributed by atoms with E-state index in [1.54, 1.807) is 0 Å². The molecule has 4 nitrogen and oxygen atoms in total. The predicted molar refractivity (Wildman–Crippen MR) is 54.4 cm³/mol. The van der Waals surface area contributed by atoms with Gasteiger partial charge in [0.25, 0.3) is 0 Å². The van der Waals surface area contributed by atoms with Crippen LogP contribution >= 0.6 is 23.2 Å². The summed E-state index contributed by atoms with van der Waals surface area (Å²) in [5.41, 5.74) is 0. The molecule has 0 aliphatic carbocycles. The Bertz CT molecular complexity index is 421. The lowest BCUT2D eigenvalue weighted by Crippen LogP contribution is -2.21. The summed E-state index contributed by atoms with van der Waals surface area (Å²) in [6, 6.07) is 0. The Morgan fingerprint density at radius 3 is 2.71 bits per heavy atom. The van der Waals surface area contributed by atoms with E-state index in [1.165, 1.54) is 13.1 Å². The zero-order valence-electron chi connectivity index (χ0n) is 7.31. The minimum atomic E-state index is -3.53. The summed E-state index contributed by atoms with van der Waals surface area (Å²) in [7, 11) is -3.53. The van der Waals surface area contributed by atoms with Crippen LogP contribution in [0.4, 0.5) is 0 Å². The Kier molecular flexibility index (Phi) is 3.69. The molecule has 0 saturated heterocycles. The number of hydrogen-bond acceptors (Lipinski definition) is 4. The van der Waals surface area contributed by atoms with Gasteiger partial charge in [0.2, 0.25) is 9.84 Å². The molecule has 0 bridgehead atoms. The fourth-order valence-electron chi connectivity index (χ4n) is 0.784. The predicted octanol–water partition coefficient (Wildman–Crippen LogP) is 1.53.